The van der Waals surface area contributed by atoms with E-state index < -0.39 is 0 Å². The lowest BCUT2D eigenvalue weighted by Crippen LogP contribution is -2.17. The van der Waals surface area contributed by atoms with Crippen molar-refractivity contribution in [2.75, 3.05) is 0 Å². The molecule has 1 unspecified atom stereocenters. The highest BCUT2D eigenvalue weighted by Gasteiger charge is 2.05. The van der Waals surface area contributed by atoms with Crippen LogP contribution in [0.1, 0.15) is 29.7 Å². The highest BCUT2D eigenvalue weighted by molar-refractivity contribution is 5.29. The maximum atomic E-state index is 9.45. The average molecular weight is 257 g/mol. The zero-order valence-corrected chi connectivity index (χ0v) is 11.0. The number of hydrogen-bond donors (Lipinski definition) is 3. The molecule has 3 heteroatoms. The molecule has 0 saturated heterocycles. The predicted molar refractivity (Wildman–Crippen MR) is 75.7 cm³/mol. The molecule has 0 fully saturated rings. The second-order valence-corrected chi connectivity index (χ2v) is 4.67. The SMILES string of the molecule is CC(NCc1ccc(CO)cc1)c1cccc(O)c1. The van der Waals surface area contributed by atoms with Crippen molar-refractivity contribution in [2.45, 2.75) is 26.1 Å². The van der Waals surface area contributed by atoms with Gasteiger partial charge in [0.05, 0.1) is 6.61 Å². The van der Waals surface area contributed by atoms with Crippen molar-refractivity contribution in [3.8, 4) is 5.75 Å². The molecule has 19 heavy (non-hydrogen) atoms. The van der Waals surface area contributed by atoms with Crippen LogP contribution in [0.15, 0.2) is 48.5 Å². The molecule has 0 spiro atoms. The van der Waals surface area contributed by atoms with Gasteiger partial charge < -0.3 is 15.5 Å². The highest BCUT2D eigenvalue weighted by atomic mass is 16.3. The number of aromatic hydroxyl groups is 1. The molecule has 3 nitrogen and oxygen atoms in total. The van der Waals surface area contributed by atoms with Crippen LogP contribution in [0.2, 0.25) is 0 Å². The van der Waals surface area contributed by atoms with E-state index in [4.69, 9.17) is 5.11 Å². The third kappa shape index (κ3) is 3.81. The molecule has 0 aliphatic rings. The summed E-state index contributed by atoms with van der Waals surface area (Å²) < 4.78 is 0. The number of benzene rings is 2. The molecule has 2 aromatic rings. The molecule has 100 valence electrons. The van der Waals surface area contributed by atoms with Gasteiger partial charge in [-0.05, 0) is 35.7 Å². The van der Waals surface area contributed by atoms with Crippen molar-refractivity contribution >= 4 is 0 Å². The van der Waals surface area contributed by atoms with E-state index in [2.05, 4.69) is 12.2 Å². The smallest absolute Gasteiger partial charge is 0.115 e. The summed E-state index contributed by atoms with van der Waals surface area (Å²) >= 11 is 0. The Bertz CT molecular complexity index is 523. The molecule has 0 heterocycles. The van der Waals surface area contributed by atoms with E-state index in [1.807, 2.05) is 36.4 Å². The summed E-state index contributed by atoms with van der Waals surface area (Å²) in [5.41, 5.74) is 3.15. The molecule has 3 N–H and O–H groups in total. The Morgan fingerprint density at radius 2 is 1.74 bits per heavy atom. The Labute approximate surface area is 113 Å². The van der Waals surface area contributed by atoms with Crippen LogP contribution in [0.3, 0.4) is 0 Å². The Balaban J connectivity index is 1.94. The van der Waals surface area contributed by atoms with Gasteiger partial charge in [0, 0.05) is 12.6 Å². The van der Waals surface area contributed by atoms with Gasteiger partial charge in [0.2, 0.25) is 0 Å². The molecular formula is C16H19NO2. The van der Waals surface area contributed by atoms with Crippen LogP contribution in [-0.4, -0.2) is 10.2 Å². The minimum absolute atomic E-state index is 0.0768. The van der Waals surface area contributed by atoms with Crippen molar-refractivity contribution in [3.63, 3.8) is 0 Å². The number of aliphatic hydroxyl groups excluding tert-OH is 1. The minimum atomic E-state index is 0.0768. The van der Waals surface area contributed by atoms with Crippen LogP contribution in [0.4, 0.5) is 0 Å². The van der Waals surface area contributed by atoms with Gasteiger partial charge in [0.25, 0.3) is 0 Å². The average Bonchev–Trinajstić information content (AvgIpc) is 2.45. The second-order valence-electron chi connectivity index (χ2n) is 4.67. The third-order valence-corrected chi connectivity index (χ3v) is 3.19. The summed E-state index contributed by atoms with van der Waals surface area (Å²) in [5, 5.41) is 21.8. The van der Waals surface area contributed by atoms with E-state index in [9.17, 15) is 5.11 Å². The number of rotatable bonds is 5. The van der Waals surface area contributed by atoms with Crippen LogP contribution in [0, 0.1) is 0 Å². The Morgan fingerprint density at radius 1 is 1.05 bits per heavy atom. The molecule has 1 atom stereocenters. The van der Waals surface area contributed by atoms with E-state index in [0.29, 0.717) is 5.75 Å². The summed E-state index contributed by atoms with van der Waals surface area (Å²) in [6.45, 7) is 2.90. The van der Waals surface area contributed by atoms with Gasteiger partial charge in [-0.3, -0.25) is 0 Å². The molecule has 0 saturated carbocycles. The molecule has 0 amide bonds. The van der Waals surface area contributed by atoms with Crippen molar-refractivity contribution in [2.24, 2.45) is 0 Å². The lowest BCUT2D eigenvalue weighted by atomic mass is 10.1. The summed E-state index contributed by atoms with van der Waals surface area (Å²) in [6.07, 6.45) is 0. The predicted octanol–water partition coefficient (Wildman–Crippen LogP) is 2.74. The van der Waals surface area contributed by atoms with Gasteiger partial charge in [-0.15, -0.1) is 0 Å². The number of aliphatic hydroxyl groups is 1. The molecular weight excluding hydrogens is 238 g/mol. The molecule has 0 bridgehead atoms. The van der Waals surface area contributed by atoms with Gasteiger partial charge >= 0.3 is 0 Å². The highest BCUT2D eigenvalue weighted by Crippen LogP contribution is 2.18. The molecule has 0 aromatic heterocycles. The number of nitrogens with one attached hydrogen (secondary N) is 1. The first-order valence-electron chi connectivity index (χ1n) is 6.40. The standard InChI is InChI=1S/C16H19NO2/c1-12(15-3-2-4-16(19)9-15)17-10-13-5-7-14(11-18)8-6-13/h2-9,12,17-19H,10-11H2,1H3. The first-order valence-corrected chi connectivity index (χ1v) is 6.40. The van der Waals surface area contributed by atoms with Crippen LogP contribution < -0.4 is 5.32 Å². The van der Waals surface area contributed by atoms with Crippen LogP contribution >= 0.6 is 0 Å². The largest absolute Gasteiger partial charge is 0.508 e. The molecule has 2 rings (SSSR count). The lowest BCUT2D eigenvalue weighted by molar-refractivity contribution is 0.282. The van der Waals surface area contributed by atoms with E-state index in [-0.39, 0.29) is 12.6 Å². The Morgan fingerprint density at radius 3 is 2.37 bits per heavy atom. The quantitative estimate of drug-likeness (QED) is 0.772. The third-order valence-electron chi connectivity index (χ3n) is 3.19. The zero-order valence-electron chi connectivity index (χ0n) is 11.0. The van der Waals surface area contributed by atoms with Crippen LogP contribution in [0.25, 0.3) is 0 Å². The van der Waals surface area contributed by atoms with E-state index in [1.165, 1.54) is 5.56 Å². The van der Waals surface area contributed by atoms with Gasteiger partial charge in [0.1, 0.15) is 5.75 Å². The maximum Gasteiger partial charge on any atom is 0.115 e. The number of phenolic OH excluding ortho intramolecular Hbond substituents is 1. The van der Waals surface area contributed by atoms with E-state index in [1.54, 1.807) is 12.1 Å². The minimum Gasteiger partial charge on any atom is -0.508 e. The lowest BCUT2D eigenvalue weighted by Gasteiger charge is -2.14. The fraction of sp³-hybridized carbons (Fsp3) is 0.250. The van der Waals surface area contributed by atoms with Gasteiger partial charge in [-0.2, -0.15) is 0 Å². The fourth-order valence-corrected chi connectivity index (χ4v) is 1.95. The second kappa shape index (κ2) is 6.36. The molecule has 2 aromatic carbocycles. The van der Waals surface area contributed by atoms with Crippen LogP contribution in [-0.2, 0) is 13.2 Å². The first kappa shape index (κ1) is 13.6. The van der Waals surface area contributed by atoms with E-state index >= 15 is 0 Å². The zero-order chi connectivity index (χ0) is 13.7. The summed E-state index contributed by atoms with van der Waals surface area (Å²) in [4.78, 5) is 0. The Kier molecular flexibility index (Phi) is 4.55. The topological polar surface area (TPSA) is 52.5 Å². The van der Waals surface area contributed by atoms with E-state index in [0.717, 1.165) is 17.7 Å². The fourth-order valence-electron chi connectivity index (χ4n) is 1.95. The monoisotopic (exact) mass is 257 g/mol. The van der Waals surface area contributed by atoms with Gasteiger partial charge in [-0.25, -0.2) is 0 Å². The normalized spacial score (nSPS) is 12.3. The Hall–Kier alpha value is -1.84. The van der Waals surface area contributed by atoms with Gasteiger partial charge in [-0.1, -0.05) is 36.4 Å². The number of hydrogen-bond acceptors (Lipinski definition) is 3. The maximum absolute atomic E-state index is 9.45. The molecule has 0 radical (unpaired) electrons. The first-order chi connectivity index (χ1) is 9.19. The van der Waals surface area contributed by atoms with Crippen molar-refractivity contribution < 1.29 is 10.2 Å². The van der Waals surface area contributed by atoms with Crippen LogP contribution in [0.5, 0.6) is 5.75 Å². The summed E-state index contributed by atoms with van der Waals surface area (Å²) in [6, 6.07) is 15.3. The molecule has 0 aliphatic heterocycles. The molecule has 0 aliphatic carbocycles. The number of phenols is 1. The van der Waals surface area contributed by atoms with Gasteiger partial charge in [0.15, 0.2) is 0 Å². The summed E-state index contributed by atoms with van der Waals surface area (Å²) in [7, 11) is 0. The van der Waals surface area contributed by atoms with Crippen molar-refractivity contribution in [3.05, 3.63) is 65.2 Å². The summed E-state index contributed by atoms with van der Waals surface area (Å²) in [5.74, 6) is 0.290. The van der Waals surface area contributed by atoms with Crippen molar-refractivity contribution in [1.82, 2.24) is 5.32 Å². The van der Waals surface area contributed by atoms with Crippen molar-refractivity contribution in [1.29, 1.82) is 0 Å².